The third kappa shape index (κ3) is 2.28. The van der Waals surface area contributed by atoms with Gasteiger partial charge in [-0.15, -0.1) is 0 Å². The van der Waals surface area contributed by atoms with Gasteiger partial charge >= 0.3 is 0 Å². The molecule has 1 atom stereocenters. The average molecular weight is 261 g/mol. The van der Waals surface area contributed by atoms with Crippen LogP contribution in [0.15, 0.2) is 16.6 Å². The number of nitrogens with two attached hydrogens (primary N) is 1. The van der Waals surface area contributed by atoms with E-state index in [1.165, 1.54) is 0 Å². The van der Waals surface area contributed by atoms with Gasteiger partial charge in [0.05, 0.1) is 12.5 Å². The SMILES string of the molecule is N#CC[C@@H](N)c1c(F)cc(Br)cc1F. The Hall–Kier alpha value is -0.990. The van der Waals surface area contributed by atoms with Crippen molar-refractivity contribution < 1.29 is 8.78 Å². The van der Waals surface area contributed by atoms with E-state index in [1.807, 2.05) is 0 Å². The number of nitriles is 1. The maximum atomic E-state index is 13.2. The minimum absolute atomic E-state index is 0.116. The molecule has 0 aliphatic carbocycles. The van der Waals surface area contributed by atoms with Crippen molar-refractivity contribution in [1.29, 1.82) is 5.26 Å². The number of hydrogen-bond donors (Lipinski definition) is 1. The van der Waals surface area contributed by atoms with Crippen molar-refractivity contribution in [1.82, 2.24) is 0 Å². The molecule has 0 unspecified atom stereocenters. The lowest BCUT2D eigenvalue weighted by molar-refractivity contribution is 0.527. The molecule has 2 nitrogen and oxygen atoms in total. The topological polar surface area (TPSA) is 49.8 Å². The fraction of sp³-hybridized carbons (Fsp3) is 0.222. The summed E-state index contributed by atoms with van der Waals surface area (Å²) in [5.74, 6) is -1.47. The Morgan fingerprint density at radius 2 is 1.93 bits per heavy atom. The van der Waals surface area contributed by atoms with E-state index >= 15 is 0 Å². The molecule has 1 aromatic rings. The first-order chi connectivity index (χ1) is 6.56. The highest BCUT2D eigenvalue weighted by atomic mass is 79.9. The molecule has 1 aromatic carbocycles. The Morgan fingerprint density at radius 3 is 2.36 bits per heavy atom. The first-order valence-corrected chi connectivity index (χ1v) is 4.62. The second kappa shape index (κ2) is 4.49. The van der Waals surface area contributed by atoms with Crippen LogP contribution in [-0.4, -0.2) is 0 Å². The van der Waals surface area contributed by atoms with Crippen molar-refractivity contribution in [3.05, 3.63) is 33.8 Å². The normalized spacial score (nSPS) is 12.2. The van der Waals surface area contributed by atoms with Crippen molar-refractivity contribution in [3.8, 4) is 6.07 Å². The molecule has 74 valence electrons. The molecule has 0 saturated carbocycles. The zero-order valence-electron chi connectivity index (χ0n) is 7.10. The molecule has 0 aliphatic heterocycles. The first-order valence-electron chi connectivity index (χ1n) is 3.83. The van der Waals surface area contributed by atoms with Crippen molar-refractivity contribution in [2.45, 2.75) is 12.5 Å². The van der Waals surface area contributed by atoms with E-state index in [2.05, 4.69) is 15.9 Å². The highest BCUT2D eigenvalue weighted by Crippen LogP contribution is 2.24. The lowest BCUT2D eigenvalue weighted by atomic mass is 10.0. The van der Waals surface area contributed by atoms with E-state index in [4.69, 9.17) is 11.0 Å². The fourth-order valence-corrected chi connectivity index (χ4v) is 1.51. The quantitative estimate of drug-likeness (QED) is 0.889. The van der Waals surface area contributed by atoms with E-state index in [-0.39, 0.29) is 12.0 Å². The van der Waals surface area contributed by atoms with Gasteiger partial charge in [0.15, 0.2) is 0 Å². The Labute approximate surface area is 88.5 Å². The van der Waals surface area contributed by atoms with E-state index in [0.29, 0.717) is 4.47 Å². The molecule has 14 heavy (non-hydrogen) atoms. The van der Waals surface area contributed by atoms with Crippen molar-refractivity contribution >= 4 is 15.9 Å². The fourth-order valence-electron chi connectivity index (χ4n) is 1.11. The van der Waals surface area contributed by atoms with E-state index in [9.17, 15) is 8.78 Å². The van der Waals surface area contributed by atoms with Gasteiger partial charge in [-0.2, -0.15) is 5.26 Å². The van der Waals surface area contributed by atoms with Crippen LogP contribution in [0.2, 0.25) is 0 Å². The van der Waals surface area contributed by atoms with Gasteiger partial charge in [0.25, 0.3) is 0 Å². The van der Waals surface area contributed by atoms with E-state index in [1.54, 1.807) is 6.07 Å². The van der Waals surface area contributed by atoms with E-state index in [0.717, 1.165) is 12.1 Å². The summed E-state index contributed by atoms with van der Waals surface area (Å²) in [6, 6.07) is 3.08. The van der Waals surface area contributed by atoms with E-state index < -0.39 is 17.7 Å². The zero-order valence-corrected chi connectivity index (χ0v) is 8.68. The number of hydrogen-bond acceptors (Lipinski definition) is 2. The van der Waals surface area contributed by atoms with Crippen LogP contribution in [0.1, 0.15) is 18.0 Å². The molecule has 0 heterocycles. The Morgan fingerprint density at radius 1 is 1.43 bits per heavy atom. The maximum absolute atomic E-state index is 13.2. The third-order valence-corrected chi connectivity index (χ3v) is 2.18. The van der Waals surface area contributed by atoms with Crippen LogP contribution in [-0.2, 0) is 0 Å². The largest absolute Gasteiger partial charge is 0.323 e. The summed E-state index contributed by atoms with van der Waals surface area (Å²) < 4.78 is 26.8. The highest BCUT2D eigenvalue weighted by Gasteiger charge is 2.17. The lowest BCUT2D eigenvalue weighted by Crippen LogP contribution is -2.13. The van der Waals surface area contributed by atoms with Crippen LogP contribution in [0.5, 0.6) is 0 Å². The van der Waals surface area contributed by atoms with Crippen molar-refractivity contribution in [3.63, 3.8) is 0 Å². The smallest absolute Gasteiger partial charge is 0.132 e. The number of rotatable bonds is 2. The minimum Gasteiger partial charge on any atom is -0.323 e. The molecule has 0 bridgehead atoms. The maximum Gasteiger partial charge on any atom is 0.132 e. The molecule has 0 aliphatic rings. The van der Waals surface area contributed by atoms with Gasteiger partial charge < -0.3 is 5.73 Å². The zero-order chi connectivity index (χ0) is 10.7. The summed E-state index contributed by atoms with van der Waals surface area (Å²) in [7, 11) is 0. The standard InChI is InChI=1S/C9H7BrF2N2/c10-5-3-6(11)9(7(12)4-5)8(14)1-2-13/h3-4,8H,1,14H2/t8-/m1/s1. The molecule has 2 N–H and O–H groups in total. The Bertz CT molecular complexity index is 364. The van der Waals surface area contributed by atoms with Crippen LogP contribution >= 0.6 is 15.9 Å². The molecule has 0 fully saturated rings. The van der Waals surface area contributed by atoms with Gasteiger partial charge in [0.2, 0.25) is 0 Å². The molecule has 0 spiro atoms. The third-order valence-electron chi connectivity index (χ3n) is 1.73. The second-order valence-electron chi connectivity index (χ2n) is 2.75. The minimum atomic E-state index is -0.923. The molecule has 5 heteroatoms. The molecule has 0 radical (unpaired) electrons. The summed E-state index contributed by atoms with van der Waals surface area (Å²) in [5, 5.41) is 8.35. The van der Waals surface area contributed by atoms with Gasteiger partial charge in [-0.25, -0.2) is 8.78 Å². The van der Waals surface area contributed by atoms with Gasteiger partial charge in [-0.05, 0) is 12.1 Å². The predicted molar refractivity (Wildman–Crippen MR) is 51.2 cm³/mol. The lowest BCUT2D eigenvalue weighted by Gasteiger charge is -2.10. The summed E-state index contributed by atoms with van der Waals surface area (Å²) in [6.07, 6.45) is -0.116. The molecule has 0 aromatic heterocycles. The summed E-state index contributed by atoms with van der Waals surface area (Å²) in [4.78, 5) is 0. The molecule has 1 rings (SSSR count). The number of benzene rings is 1. The number of halogens is 3. The van der Waals surface area contributed by atoms with Crippen LogP contribution in [0, 0.1) is 23.0 Å². The predicted octanol–water partition coefficient (Wildman–Crippen LogP) is 2.64. The molecular weight excluding hydrogens is 254 g/mol. The average Bonchev–Trinajstić information content (AvgIpc) is 2.01. The Balaban J connectivity index is 3.15. The summed E-state index contributed by atoms with van der Waals surface area (Å²) >= 11 is 2.95. The molecule has 0 amide bonds. The van der Waals surface area contributed by atoms with Crippen LogP contribution in [0.4, 0.5) is 8.78 Å². The number of nitrogens with zero attached hydrogens (tertiary/aromatic N) is 1. The summed E-state index contributed by atoms with van der Waals surface area (Å²) in [6.45, 7) is 0. The van der Waals surface area contributed by atoms with Gasteiger partial charge in [0.1, 0.15) is 11.6 Å². The van der Waals surface area contributed by atoms with Gasteiger partial charge in [0, 0.05) is 16.1 Å². The van der Waals surface area contributed by atoms with Crippen molar-refractivity contribution in [2.75, 3.05) is 0 Å². The van der Waals surface area contributed by atoms with Gasteiger partial charge in [-0.3, -0.25) is 0 Å². The molecule has 0 saturated heterocycles. The van der Waals surface area contributed by atoms with Crippen LogP contribution < -0.4 is 5.73 Å². The monoisotopic (exact) mass is 260 g/mol. The first kappa shape index (κ1) is 11.1. The molecular formula is C9H7BrF2N2. The van der Waals surface area contributed by atoms with Crippen LogP contribution in [0.25, 0.3) is 0 Å². The Kier molecular flexibility index (Phi) is 3.55. The highest BCUT2D eigenvalue weighted by molar-refractivity contribution is 9.10. The van der Waals surface area contributed by atoms with Crippen LogP contribution in [0.3, 0.4) is 0 Å². The second-order valence-corrected chi connectivity index (χ2v) is 3.67. The van der Waals surface area contributed by atoms with Gasteiger partial charge in [-0.1, -0.05) is 15.9 Å². The summed E-state index contributed by atoms with van der Waals surface area (Å²) in [5.41, 5.74) is 5.20. The van der Waals surface area contributed by atoms with Crippen molar-refractivity contribution in [2.24, 2.45) is 5.73 Å².